The molecule has 0 atom stereocenters. The fourth-order valence-electron chi connectivity index (χ4n) is 2.54. The second-order valence-electron chi connectivity index (χ2n) is 5.64. The molecule has 0 saturated heterocycles. The monoisotopic (exact) mass is 393 g/mol. The van der Waals surface area contributed by atoms with E-state index >= 15 is 0 Å². The number of sulfonamides is 1. The summed E-state index contributed by atoms with van der Waals surface area (Å²) in [7, 11) is -3.75. The molecular formula is C18H16FNO4S2. The average molecular weight is 393 g/mol. The Kier molecular flexibility index (Phi) is 5.36. The number of nitrogens with zero attached hydrogens (tertiary/aromatic N) is 1. The van der Waals surface area contributed by atoms with Crippen LogP contribution < -0.4 is 4.31 Å². The molecule has 1 heterocycles. The van der Waals surface area contributed by atoms with Crippen molar-refractivity contribution in [3.8, 4) is 0 Å². The molecule has 0 amide bonds. The van der Waals surface area contributed by atoms with E-state index in [0.29, 0.717) is 10.6 Å². The normalized spacial score (nSPS) is 11.6. The van der Waals surface area contributed by atoms with Gasteiger partial charge in [-0.25, -0.2) is 8.42 Å². The highest BCUT2D eigenvalue weighted by Gasteiger charge is 2.24. The fraction of sp³-hybridized carbons (Fsp3) is 0.167. The molecule has 8 heteroatoms. The van der Waals surface area contributed by atoms with Crippen LogP contribution in [-0.2, 0) is 16.6 Å². The predicted molar refractivity (Wildman–Crippen MR) is 101 cm³/mol. The predicted octanol–water partition coefficient (Wildman–Crippen LogP) is 3.34. The van der Waals surface area contributed by atoms with E-state index in [2.05, 4.69) is 0 Å². The lowest BCUT2D eigenvalue weighted by Gasteiger charge is -2.22. The molecule has 3 aromatic rings. The summed E-state index contributed by atoms with van der Waals surface area (Å²) in [5.41, 5.74) is 0.523. The summed E-state index contributed by atoms with van der Waals surface area (Å²) >= 11 is 1.34. The molecule has 26 heavy (non-hydrogen) atoms. The highest BCUT2D eigenvalue weighted by molar-refractivity contribution is 7.93. The van der Waals surface area contributed by atoms with E-state index in [1.54, 1.807) is 6.07 Å². The van der Waals surface area contributed by atoms with E-state index in [0.717, 1.165) is 10.1 Å². The first kappa shape index (κ1) is 18.5. The second kappa shape index (κ2) is 7.53. The molecular weight excluding hydrogens is 377 g/mol. The number of aliphatic hydroxyl groups is 1. The summed E-state index contributed by atoms with van der Waals surface area (Å²) in [6.45, 7) is -0.463. The van der Waals surface area contributed by atoms with Crippen molar-refractivity contribution in [1.82, 2.24) is 0 Å². The van der Waals surface area contributed by atoms with Crippen LogP contribution in [0.1, 0.15) is 15.9 Å². The highest BCUT2D eigenvalue weighted by Crippen LogP contribution is 2.34. The zero-order valence-electron chi connectivity index (χ0n) is 13.6. The molecule has 0 aliphatic heterocycles. The van der Waals surface area contributed by atoms with Crippen molar-refractivity contribution in [3.05, 3.63) is 65.7 Å². The first-order valence-electron chi connectivity index (χ1n) is 7.79. The number of halogens is 1. The molecule has 3 rings (SSSR count). The lowest BCUT2D eigenvalue weighted by atomic mass is 10.1. The summed E-state index contributed by atoms with van der Waals surface area (Å²) < 4.78 is 40.2. The fourth-order valence-corrected chi connectivity index (χ4v) is 5.08. The molecule has 0 fully saturated rings. The number of hydrogen-bond acceptors (Lipinski definition) is 5. The lowest BCUT2D eigenvalue weighted by Crippen LogP contribution is -2.33. The topological polar surface area (TPSA) is 74.7 Å². The van der Waals surface area contributed by atoms with Gasteiger partial charge >= 0.3 is 6.04 Å². The van der Waals surface area contributed by atoms with Crippen molar-refractivity contribution in [2.45, 2.75) is 6.54 Å². The number of benzene rings is 2. The van der Waals surface area contributed by atoms with Crippen molar-refractivity contribution in [3.63, 3.8) is 0 Å². The van der Waals surface area contributed by atoms with Gasteiger partial charge in [0.2, 0.25) is 10.0 Å². The molecule has 136 valence electrons. The van der Waals surface area contributed by atoms with Crippen LogP contribution in [0.4, 0.5) is 9.39 Å². The van der Waals surface area contributed by atoms with Gasteiger partial charge in [0, 0.05) is 4.70 Å². The standard InChI is InChI=1S/C18H16FNO4S2/c19-18(22)14-7-5-13(6-8-14)12-20(26(23,24)10-9-21)17-11-15-3-1-2-4-16(15)25-17/h1-8,11,21H,9-10,12H2. The van der Waals surface area contributed by atoms with E-state index in [1.807, 2.05) is 24.3 Å². The summed E-state index contributed by atoms with van der Waals surface area (Å²) in [4.78, 5) is 10.7. The quantitative estimate of drug-likeness (QED) is 0.625. The van der Waals surface area contributed by atoms with Crippen LogP contribution in [0.15, 0.2) is 54.6 Å². The number of hydrogen-bond donors (Lipinski definition) is 1. The van der Waals surface area contributed by atoms with Crippen LogP contribution in [0.5, 0.6) is 0 Å². The van der Waals surface area contributed by atoms with E-state index in [4.69, 9.17) is 5.11 Å². The van der Waals surface area contributed by atoms with Gasteiger partial charge in [0.05, 0.1) is 24.5 Å². The van der Waals surface area contributed by atoms with Gasteiger partial charge in [-0.15, -0.1) is 11.3 Å². The Hall–Kier alpha value is -2.29. The summed E-state index contributed by atoms with van der Waals surface area (Å²) in [5.74, 6) is -0.401. The van der Waals surface area contributed by atoms with E-state index < -0.39 is 28.4 Å². The maximum absolute atomic E-state index is 12.7. The van der Waals surface area contributed by atoms with Crippen molar-refractivity contribution in [2.24, 2.45) is 0 Å². The van der Waals surface area contributed by atoms with Gasteiger partial charge < -0.3 is 5.11 Å². The van der Waals surface area contributed by atoms with Gasteiger partial charge in [-0.2, -0.15) is 4.39 Å². The number of rotatable bonds is 7. The van der Waals surface area contributed by atoms with Gasteiger partial charge in [-0.05, 0) is 35.2 Å². The summed E-state index contributed by atoms with van der Waals surface area (Å²) in [5, 5.41) is 10.6. The van der Waals surface area contributed by atoms with Gasteiger partial charge in [0.25, 0.3) is 0 Å². The molecule has 0 saturated carbocycles. The van der Waals surface area contributed by atoms with Crippen LogP contribution >= 0.6 is 11.3 Å². The number of thiophene rings is 1. The third-order valence-electron chi connectivity index (χ3n) is 3.85. The summed E-state index contributed by atoms with van der Waals surface area (Å²) in [6.07, 6.45) is 0. The minimum Gasteiger partial charge on any atom is -0.395 e. The first-order valence-corrected chi connectivity index (χ1v) is 10.2. The minimum atomic E-state index is -3.75. The molecule has 0 bridgehead atoms. The van der Waals surface area contributed by atoms with Crippen molar-refractivity contribution >= 4 is 42.5 Å². The van der Waals surface area contributed by atoms with Gasteiger partial charge in [0.15, 0.2) is 0 Å². The highest BCUT2D eigenvalue weighted by atomic mass is 32.2. The molecule has 0 radical (unpaired) electrons. The molecule has 5 nitrogen and oxygen atoms in total. The Morgan fingerprint density at radius 1 is 1.12 bits per heavy atom. The molecule has 0 spiro atoms. The van der Waals surface area contributed by atoms with Gasteiger partial charge in [0.1, 0.15) is 5.00 Å². The Labute approximate surface area is 154 Å². The smallest absolute Gasteiger partial charge is 0.332 e. The van der Waals surface area contributed by atoms with Crippen molar-refractivity contribution in [1.29, 1.82) is 0 Å². The molecule has 1 aromatic heterocycles. The van der Waals surface area contributed by atoms with E-state index in [1.165, 1.54) is 39.9 Å². The first-order chi connectivity index (χ1) is 12.4. The number of carbonyl (C=O) groups excluding carboxylic acids is 1. The largest absolute Gasteiger partial charge is 0.395 e. The van der Waals surface area contributed by atoms with Gasteiger partial charge in [-0.1, -0.05) is 30.3 Å². The Bertz CT molecular complexity index is 996. The van der Waals surface area contributed by atoms with Crippen LogP contribution in [0.3, 0.4) is 0 Å². The zero-order chi connectivity index (χ0) is 18.7. The van der Waals surface area contributed by atoms with Crippen LogP contribution in [0.2, 0.25) is 0 Å². The van der Waals surface area contributed by atoms with Crippen LogP contribution in [0, 0.1) is 0 Å². The summed E-state index contributed by atoms with van der Waals surface area (Å²) in [6, 6.07) is 13.5. The third kappa shape index (κ3) is 3.92. The number of aliphatic hydroxyl groups excluding tert-OH is 1. The van der Waals surface area contributed by atoms with Crippen LogP contribution in [-0.4, -0.2) is 31.9 Å². The minimum absolute atomic E-state index is 0.0237. The van der Waals surface area contributed by atoms with Crippen molar-refractivity contribution < 1.29 is 22.7 Å². The molecule has 0 unspecified atom stereocenters. The number of carbonyl (C=O) groups is 1. The molecule has 2 aromatic carbocycles. The zero-order valence-corrected chi connectivity index (χ0v) is 15.3. The Morgan fingerprint density at radius 2 is 1.81 bits per heavy atom. The average Bonchev–Trinajstić information content (AvgIpc) is 3.03. The van der Waals surface area contributed by atoms with E-state index in [-0.39, 0.29) is 12.1 Å². The Morgan fingerprint density at radius 3 is 2.42 bits per heavy atom. The number of fused-ring (bicyclic) bond motifs is 1. The maximum atomic E-state index is 12.7. The lowest BCUT2D eigenvalue weighted by molar-refractivity contribution is 0.0836. The Balaban J connectivity index is 1.99. The van der Waals surface area contributed by atoms with Crippen LogP contribution in [0.25, 0.3) is 10.1 Å². The SMILES string of the molecule is O=C(F)c1ccc(CN(c2cc3ccccc3s2)S(=O)(=O)CCO)cc1. The third-order valence-corrected chi connectivity index (χ3v) is 6.80. The van der Waals surface area contributed by atoms with Gasteiger partial charge in [-0.3, -0.25) is 9.10 Å². The maximum Gasteiger partial charge on any atom is 0.332 e. The molecule has 0 aliphatic carbocycles. The molecule has 1 N–H and O–H groups in total. The van der Waals surface area contributed by atoms with Crippen molar-refractivity contribution in [2.75, 3.05) is 16.7 Å². The molecule has 0 aliphatic rings. The second-order valence-corrected chi connectivity index (χ2v) is 8.71. The van der Waals surface area contributed by atoms with E-state index in [9.17, 15) is 17.6 Å². The number of anilines is 1.